The van der Waals surface area contributed by atoms with Gasteiger partial charge in [-0.3, -0.25) is 0 Å². The molecule has 0 radical (unpaired) electrons. The number of benzene rings is 1. The molecule has 0 saturated carbocycles. The molecule has 0 bridgehead atoms. The zero-order valence-corrected chi connectivity index (χ0v) is 12.5. The van der Waals surface area contributed by atoms with Crippen molar-refractivity contribution in [3.8, 4) is 5.69 Å². The topological polar surface area (TPSA) is 30.7 Å². The van der Waals surface area contributed by atoms with Gasteiger partial charge in [0.05, 0.1) is 15.7 Å². The highest BCUT2D eigenvalue weighted by Gasteiger charge is 2.09. The van der Waals surface area contributed by atoms with Gasteiger partial charge in [0, 0.05) is 5.75 Å². The van der Waals surface area contributed by atoms with E-state index in [0.717, 1.165) is 28.8 Å². The summed E-state index contributed by atoms with van der Waals surface area (Å²) in [5, 5.41) is 6.31. The average molecular weight is 302 g/mol. The van der Waals surface area contributed by atoms with E-state index in [-0.39, 0.29) is 0 Å². The number of aromatic nitrogens is 3. The van der Waals surface area contributed by atoms with Gasteiger partial charge in [-0.05, 0) is 31.5 Å². The first-order valence-corrected chi connectivity index (χ1v) is 7.38. The zero-order chi connectivity index (χ0) is 13.1. The Labute approximate surface area is 121 Å². The Morgan fingerprint density at radius 1 is 1.28 bits per heavy atom. The maximum absolute atomic E-state index is 6.01. The highest BCUT2D eigenvalue weighted by molar-refractivity contribution is 7.99. The van der Waals surface area contributed by atoms with Gasteiger partial charge in [-0.1, -0.05) is 41.9 Å². The van der Waals surface area contributed by atoms with Crippen LogP contribution in [0.4, 0.5) is 0 Å². The minimum absolute atomic E-state index is 0.520. The van der Waals surface area contributed by atoms with E-state index in [4.69, 9.17) is 23.2 Å². The molecule has 0 saturated heterocycles. The fraction of sp³-hybridized carbons (Fsp3) is 0.333. The van der Waals surface area contributed by atoms with Gasteiger partial charge in [0.15, 0.2) is 0 Å². The third kappa shape index (κ3) is 2.99. The molecule has 0 aliphatic rings. The summed E-state index contributed by atoms with van der Waals surface area (Å²) >= 11 is 13.6. The monoisotopic (exact) mass is 301 g/mol. The standard InChI is InChI=1S/C12H13Cl2N3S/c1-3-6-18-12-15-8(2)17(16-12)9-4-5-10(13)11(14)7-9/h4-5,7H,3,6H2,1-2H3. The van der Waals surface area contributed by atoms with Crippen LogP contribution in [-0.4, -0.2) is 20.5 Å². The van der Waals surface area contributed by atoms with Crippen LogP contribution in [0.15, 0.2) is 23.4 Å². The Morgan fingerprint density at radius 3 is 2.72 bits per heavy atom. The van der Waals surface area contributed by atoms with Crippen LogP contribution in [0.25, 0.3) is 5.69 Å². The van der Waals surface area contributed by atoms with Gasteiger partial charge in [0.1, 0.15) is 5.82 Å². The average Bonchev–Trinajstić information content (AvgIpc) is 2.71. The van der Waals surface area contributed by atoms with Crippen LogP contribution in [-0.2, 0) is 0 Å². The lowest BCUT2D eigenvalue weighted by molar-refractivity contribution is 0.813. The van der Waals surface area contributed by atoms with Crippen molar-refractivity contribution in [1.82, 2.24) is 14.8 Å². The van der Waals surface area contributed by atoms with Gasteiger partial charge < -0.3 is 0 Å². The molecule has 3 nitrogen and oxygen atoms in total. The summed E-state index contributed by atoms with van der Waals surface area (Å²) in [6.45, 7) is 4.06. The molecule has 6 heteroatoms. The molecule has 1 aromatic heterocycles. The van der Waals surface area contributed by atoms with Crippen molar-refractivity contribution < 1.29 is 0 Å². The van der Waals surface area contributed by atoms with Gasteiger partial charge in [0.25, 0.3) is 0 Å². The summed E-state index contributed by atoms with van der Waals surface area (Å²) < 4.78 is 1.78. The second-order valence-electron chi connectivity index (χ2n) is 3.80. The molecule has 0 spiro atoms. The van der Waals surface area contributed by atoms with Crippen molar-refractivity contribution in [2.24, 2.45) is 0 Å². The third-order valence-electron chi connectivity index (χ3n) is 2.33. The lowest BCUT2D eigenvalue weighted by atomic mass is 10.3. The first-order valence-electron chi connectivity index (χ1n) is 5.63. The molecule has 0 amide bonds. The van der Waals surface area contributed by atoms with E-state index in [1.165, 1.54) is 0 Å². The number of rotatable bonds is 4. The third-order valence-corrected chi connectivity index (χ3v) is 4.12. The van der Waals surface area contributed by atoms with Crippen LogP contribution >= 0.6 is 35.0 Å². The molecular weight excluding hydrogens is 289 g/mol. The number of aryl methyl sites for hydroxylation is 1. The van der Waals surface area contributed by atoms with E-state index in [9.17, 15) is 0 Å². The summed E-state index contributed by atoms with van der Waals surface area (Å²) in [5.41, 5.74) is 0.873. The summed E-state index contributed by atoms with van der Waals surface area (Å²) in [7, 11) is 0. The van der Waals surface area contributed by atoms with Gasteiger partial charge in [-0.2, -0.15) is 0 Å². The van der Waals surface area contributed by atoms with Crippen molar-refractivity contribution in [1.29, 1.82) is 0 Å². The van der Waals surface area contributed by atoms with E-state index < -0.39 is 0 Å². The normalized spacial score (nSPS) is 10.9. The second kappa shape index (κ2) is 5.95. The molecule has 2 rings (SSSR count). The minimum Gasteiger partial charge on any atom is -0.217 e. The van der Waals surface area contributed by atoms with E-state index in [1.54, 1.807) is 28.6 Å². The Bertz CT molecular complexity index is 554. The lowest BCUT2D eigenvalue weighted by Crippen LogP contribution is -1.99. The van der Waals surface area contributed by atoms with Gasteiger partial charge in [-0.25, -0.2) is 9.67 Å². The molecule has 0 aliphatic carbocycles. The molecule has 0 fully saturated rings. The fourth-order valence-corrected chi connectivity index (χ4v) is 2.50. The molecule has 2 aromatic rings. The molecule has 1 aromatic carbocycles. The van der Waals surface area contributed by atoms with Crippen LogP contribution in [0.1, 0.15) is 19.2 Å². The van der Waals surface area contributed by atoms with Crippen molar-refractivity contribution in [2.75, 3.05) is 5.75 Å². The molecule has 18 heavy (non-hydrogen) atoms. The number of nitrogens with zero attached hydrogens (tertiary/aromatic N) is 3. The van der Waals surface area contributed by atoms with E-state index in [0.29, 0.717) is 10.0 Å². The largest absolute Gasteiger partial charge is 0.217 e. The summed E-state index contributed by atoms with van der Waals surface area (Å²) in [6, 6.07) is 5.43. The first-order chi connectivity index (χ1) is 8.61. The number of thioether (sulfide) groups is 1. The van der Waals surface area contributed by atoms with Crippen LogP contribution < -0.4 is 0 Å². The predicted octanol–water partition coefficient (Wildman–Crippen LogP) is 4.38. The van der Waals surface area contributed by atoms with Crippen LogP contribution in [0.2, 0.25) is 10.0 Å². The van der Waals surface area contributed by atoms with Gasteiger partial charge in [0.2, 0.25) is 5.16 Å². The Kier molecular flexibility index (Phi) is 4.54. The van der Waals surface area contributed by atoms with Crippen molar-refractivity contribution in [2.45, 2.75) is 25.4 Å². The Morgan fingerprint density at radius 2 is 2.06 bits per heavy atom. The maximum Gasteiger partial charge on any atom is 0.209 e. The van der Waals surface area contributed by atoms with Gasteiger partial charge in [-0.15, -0.1) is 5.10 Å². The summed E-state index contributed by atoms with van der Waals surface area (Å²) in [4.78, 5) is 4.42. The zero-order valence-electron chi connectivity index (χ0n) is 10.2. The van der Waals surface area contributed by atoms with Crippen LogP contribution in [0.5, 0.6) is 0 Å². The van der Waals surface area contributed by atoms with Crippen LogP contribution in [0.3, 0.4) is 0 Å². The van der Waals surface area contributed by atoms with E-state index >= 15 is 0 Å². The quantitative estimate of drug-likeness (QED) is 0.785. The number of hydrogen-bond acceptors (Lipinski definition) is 3. The number of hydrogen-bond donors (Lipinski definition) is 0. The molecular formula is C12H13Cl2N3S. The SMILES string of the molecule is CCCSc1nc(C)n(-c2ccc(Cl)c(Cl)c2)n1. The molecule has 0 atom stereocenters. The Balaban J connectivity index is 2.32. The molecule has 0 N–H and O–H groups in total. The van der Waals surface area contributed by atoms with Gasteiger partial charge >= 0.3 is 0 Å². The summed E-state index contributed by atoms with van der Waals surface area (Å²) in [6.07, 6.45) is 1.10. The predicted molar refractivity (Wildman–Crippen MR) is 77.1 cm³/mol. The first kappa shape index (κ1) is 13.7. The maximum atomic E-state index is 6.01. The molecule has 0 unspecified atom stereocenters. The second-order valence-corrected chi connectivity index (χ2v) is 5.68. The highest BCUT2D eigenvalue weighted by atomic mass is 35.5. The summed E-state index contributed by atoms with van der Waals surface area (Å²) in [5.74, 6) is 1.86. The molecule has 1 heterocycles. The smallest absolute Gasteiger partial charge is 0.209 e. The van der Waals surface area contributed by atoms with Crippen molar-refractivity contribution in [3.05, 3.63) is 34.1 Å². The molecule has 0 aliphatic heterocycles. The van der Waals surface area contributed by atoms with Crippen molar-refractivity contribution in [3.63, 3.8) is 0 Å². The fourth-order valence-electron chi connectivity index (χ4n) is 1.48. The highest BCUT2D eigenvalue weighted by Crippen LogP contribution is 2.25. The molecule has 96 valence electrons. The number of halogens is 2. The van der Waals surface area contributed by atoms with E-state index in [2.05, 4.69) is 17.0 Å². The Hall–Kier alpha value is -0.710. The van der Waals surface area contributed by atoms with Crippen molar-refractivity contribution >= 4 is 35.0 Å². The van der Waals surface area contributed by atoms with Crippen LogP contribution in [0, 0.1) is 6.92 Å². The van der Waals surface area contributed by atoms with E-state index in [1.807, 2.05) is 13.0 Å². The lowest BCUT2D eigenvalue weighted by Gasteiger charge is -2.04. The minimum atomic E-state index is 0.520.